The maximum atomic E-state index is 5.32. The van der Waals surface area contributed by atoms with Gasteiger partial charge in [-0.05, 0) is 47.3 Å². The molecule has 1 saturated heterocycles. The highest BCUT2D eigenvalue weighted by atomic mass is 79.9. The Hall–Kier alpha value is -0.740. The van der Waals surface area contributed by atoms with Crippen LogP contribution in [0.2, 0.25) is 0 Å². The first-order valence-electron chi connectivity index (χ1n) is 6.60. The molecule has 1 aromatic carbocycles. The van der Waals surface area contributed by atoms with E-state index in [9.17, 15) is 0 Å². The molecule has 1 atom stereocenters. The van der Waals surface area contributed by atoms with E-state index < -0.39 is 0 Å². The molecule has 98 valence electrons. The summed E-state index contributed by atoms with van der Waals surface area (Å²) in [4.78, 5) is 2.62. The Bertz CT molecular complexity index is 434. The van der Waals surface area contributed by atoms with Crippen molar-refractivity contribution in [2.75, 3.05) is 25.5 Å². The van der Waals surface area contributed by atoms with Gasteiger partial charge in [0.25, 0.3) is 0 Å². The number of benzene rings is 1. The van der Waals surface area contributed by atoms with Gasteiger partial charge in [0.05, 0.1) is 11.6 Å². The third kappa shape index (κ3) is 2.64. The van der Waals surface area contributed by atoms with Crippen LogP contribution in [0.1, 0.15) is 19.3 Å². The minimum absolute atomic E-state index is 0.580. The molecule has 0 bridgehead atoms. The van der Waals surface area contributed by atoms with Gasteiger partial charge in [0.15, 0.2) is 0 Å². The standard InChI is InChI=1S/C14H19BrN2O/c1-18-14-8-10(2-5-13(14)15)16-11-6-7-17(9-11)12-3-4-12/h2,5,8,11-12,16H,3-4,6-7,9H2,1H3. The van der Waals surface area contributed by atoms with Crippen LogP contribution in [-0.2, 0) is 0 Å². The fourth-order valence-corrected chi connectivity index (χ4v) is 3.07. The van der Waals surface area contributed by atoms with Crippen LogP contribution in [-0.4, -0.2) is 37.2 Å². The second-order valence-electron chi connectivity index (χ2n) is 5.21. The average molecular weight is 311 g/mol. The van der Waals surface area contributed by atoms with Crippen molar-refractivity contribution in [3.63, 3.8) is 0 Å². The lowest BCUT2D eigenvalue weighted by molar-refractivity contribution is 0.326. The molecule has 1 aromatic rings. The van der Waals surface area contributed by atoms with Gasteiger partial charge in [0.2, 0.25) is 0 Å². The molecule has 1 unspecified atom stereocenters. The van der Waals surface area contributed by atoms with Crippen molar-refractivity contribution in [1.29, 1.82) is 0 Å². The lowest BCUT2D eigenvalue weighted by atomic mass is 10.2. The number of hydrogen-bond donors (Lipinski definition) is 1. The number of nitrogens with zero attached hydrogens (tertiary/aromatic N) is 1. The predicted molar refractivity (Wildman–Crippen MR) is 77.3 cm³/mol. The van der Waals surface area contributed by atoms with Crippen LogP contribution in [0, 0.1) is 0 Å². The van der Waals surface area contributed by atoms with Crippen molar-refractivity contribution in [3.8, 4) is 5.75 Å². The summed E-state index contributed by atoms with van der Waals surface area (Å²) in [6, 6.07) is 7.66. The van der Waals surface area contributed by atoms with Crippen LogP contribution >= 0.6 is 15.9 Å². The molecule has 0 amide bonds. The molecule has 1 aliphatic heterocycles. The van der Waals surface area contributed by atoms with Gasteiger partial charge in [-0.2, -0.15) is 0 Å². The van der Waals surface area contributed by atoms with E-state index in [0.29, 0.717) is 6.04 Å². The number of anilines is 1. The van der Waals surface area contributed by atoms with Gasteiger partial charge in [-0.1, -0.05) is 0 Å². The molecule has 1 saturated carbocycles. The minimum Gasteiger partial charge on any atom is -0.495 e. The summed E-state index contributed by atoms with van der Waals surface area (Å²) < 4.78 is 6.32. The third-order valence-corrected chi connectivity index (χ3v) is 4.46. The summed E-state index contributed by atoms with van der Waals surface area (Å²) in [7, 11) is 1.70. The van der Waals surface area contributed by atoms with E-state index in [-0.39, 0.29) is 0 Å². The van der Waals surface area contributed by atoms with Gasteiger partial charge in [-0.25, -0.2) is 0 Å². The summed E-state index contributed by atoms with van der Waals surface area (Å²) in [5, 5.41) is 3.61. The highest BCUT2D eigenvalue weighted by molar-refractivity contribution is 9.10. The molecule has 2 aliphatic rings. The van der Waals surface area contributed by atoms with Gasteiger partial charge in [0.1, 0.15) is 5.75 Å². The largest absolute Gasteiger partial charge is 0.495 e. The first kappa shape index (κ1) is 12.3. The number of hydrogen-bond acceptors (Lipinski definition) is 3. The van der Waals surface area contributed by atoms with E-state index in [1.54, 1.807) is 7.11 Å². The van der Waals surface area contributed by atoms with Crippen LogP contribution in [0.4, 0.5) is 5.69 Å². The Morgan fingerprint density at radius 3 is 2.89 bits per heavy atom. The Labute approximate surface area is 117 Å². The predicted octanol–water partition coefficient (Wildman–Crippen LogP) is 3.11. The molecule has 2 fully saturated rings. The summed E-state index contributed by atoms with van der Waals surface area (Å²) in [5.41, 5.74) is 1.15. The number of ether oxygens (including phenoxy) is 1. The van der Waals surface area contributed by atoms with Gasteiger partial charge in [-0.15, -0.1) is 0 Å². The summed E-state index contributed by atoms with van der Waals surface area (Å²) >= 11 is 3.48. The first-order chi connectivity index (χ1) is 8.76. The molecular formula is C14H19BrN2O. The Morgan fingerprint density at radius 1 is 1.33 bits per heavy atom. The van der Waals surface area contributed by atoms with Crippen molar-refractivity contribution in [2.24, 2.45) is 0 Å². The Morgan fingerprint density at radius 2 is 2.17 bits per heavy atom. The van der Waals surface area contributed by atoms with Crippen LogP contribution in [0.3, 0.4) is 0 Å². The zero-order valence-electron chi connectivity index (χ0n) is 10.7. The molecule has 0 spiro atoms. The minimum atomic E-state index is 0.580. The molecule has 0 radical (unpaired) electrons. The highest BCUT2D eigenvalue weighted by Gasteiger charge is 2.34. The van der Waals surface area contributed by atoms with Gasteiger partial charge >= 0.3 is 0 Å². The number of likely N-dealkylation sites (tertiary alicyclic amines) is 1. The molecule has 4 heteroatoms. The van der Waals surface area contributed by atoms with Crippen LogP contribution in [0.25, 0.3) is 0 Å². The quantitative estimate of drug-likeness (QED) is 0.925. The van der Waals surface area contributed by atoms with E-state index in [2.05, 4.69) is 38.3 Å². The van der Waals surface area contributed by atoms with E-state index in [4.69, 9.17) is 4.74 Å². The van der Waals surface area contributed by atoms with E-state index in [1.165, 1.54) is 32.4 Å². The zero-order valence-corrected chi connectivity index (χ0v) is 12.2. The van der Waals surface area contributed by atoms with Gasteiger partial charge in [-0.3, -0.25) is 4.90 Å². The smallest absolute Gasteiger partial charge is 0.135 e. The molecule has 3 rings (SSSR count). The van der Waals surface area contributed by atoms with Crippen LogP contribution in [0.15, 0.2) is 22.7 Å². The molecule has 3 nitrogen and oxygen atoms in total. The maximum absolute atomic E-state index is 5.32. The normalized spacial score (nSPS) is 24.2. The molecule has 1 N–H and O–H groups in total. The lowest BCUT2D eigenvalue weighted by Crippen LogP contribution is -2.27. The third-order valence-electron chi connectivity index (χ3n) is 3.80. The van der Waals surface area contributed by atoms with Crippen molar-refractivity contribution in [1.82, 2.24) is 4.90 Å². The summed E-state index contributed by atoms with van der Waals surface area (Å²) in [5.74, 6) is 0.886. The molecule has 1 heterocycles. The van der Waals surface area contributed by atoms with Gasteiger partial charge < -0.3 is 10.1 Å². The zero-order chi connectivity index (χ0) is 12.5. The van der Waals surface area contributed by atoms with Crippen LogP contribution < -0.4 is 10.1 Å². The molecule has 0 aromatic heterocycles. The SMILES string of the molecule is COc1cc(NC2CCN(C3CC3)C2)ccc1Br. The summed E-state index contributed by atoms with van der Waals surface area (Å²) in [6.07, 6.45) is 4.05. The Balaban J connectivity index is 1.62. The number of methoxy groups -OCH3 is 1. The monoisotopic (exact) mass is 310 g/mol. The fourth-order valence-electron chi connectivity index (χ4n) is 2.66. The molecular weight excluding hydrogens is 292 g/mol. The fraction of sp³-hybridized carbons (Fsp3) is 0.571. The first-order valence-corrected chi connectivity index (χ1v) is 7.39. The summed E-state index contributed by atoms with van der Waals surface area (Å²) in [6.45, 7) is 2.43. The second-order valence-corrected chi connectivity index (χ2v) is 6.06. The molecule has 1 aliphatic carbocycles. The van der Waals surface area contributed by atoms with E-state index in [1.807, 2.05) is 6.07 Å². The van der Waals surface area contributed by atoms with Crippen LogP contribution in [0.5, 0.6) is 5.75 Å². The number of nitrogens with one attached hydrogen (secondary N) is 1. The maximum Gasteiger partial charge on any atom is 0.135 e. The number of halogens is 1. The van der Waals surface area contributed by atoms with Crippen molar-refractivity contribution < 1.29 is 4.74 Å². The van der Waals surface area contributed by atoms with E-state index in [0.717, 1.165) is 22.0 Å². The average Bonchev–Trinajstić information content (AvgIpc) is 3.13. The van der Waals surface area contributed by atoms with E-state index >= 15 is 0 Å². The Kier molecular flexibility index (Phi) is 3.48. The topological polar surface area (TPSA) is 24.5 Å². The second kappa shape index (κ2) is 5.10. The highest BCUT2D eigenvalue weighted by Crippen LogP contribution is 2.32. The lowest BCUT2D eigenvalue weighted by Gasteiger charge is -2.17. The number of rotatable bonds is 4. The molecule has 18 heavy (non-hydrogen) atoms. The van der Waals surface area contributed by atoms with Gasteiger partial charge in [0, 0.05) is 36.9 Å². The van der Waals surface area contributed by atoms with Crippen molar-refractivity contribution in [2.45, 2.75) is 31.3 Å². The van der Waals surface area contributed by atoms with Crippen molar-refractivity contribution >= 4 is 21.6 Å². The van der Waals surface area contributed by atoms with Crippen molar-refractivity contribution in [3.05, 3.63) is 22.7 Å².